The summed E-state index contributed by atoms with van der Waals surface area (Å²) >= 11 is 11.6. The van der Waals surface area contributed by atoms with Crippen LogP contribution < -0.4 is 5.32 Å². The van der Waals surface area contributed by atoms with Crippen molar-refractivity contribution in [3.8, 4) is 0 Å². The number of hydrogen-bond acceptors (Lipinski definition) is 3. The third-order valence-corrected chi connectivity index (χ3v) is 5.21. The fraction of sp³-hybridized carbons (Fsp3) is 0.533. The topological polar surface area (TPSA) is 24.4 Å². The van der Waals surface area contributed by atoms with Crippen LogP contribution in [0, 0.1) is 12.3 Å². The summed E-state index contributed by atoms with van der Waals surface area (Å²) in [4.78, 5) is 4.59. The van der Waals surface area contributed by atoms with Gasteiger partial charge in [0, 0.05) is 14.7 Å². The molecule has 1 aliphatic rings. The van der Waals surface area contributed by atoms with Crippen LogP contribution in [0.5, 0.6) is 0 Å². The summed E-state index contributed by atoms with van der Waals surface area (Å²) in [5.74, 6) is 0. The van der Waals surface area contributed by atoms with Crippen LogP contribution in [0.15, 0.2) is 21.6 Å². The van der Waals surface area contributed by atoms with Crippen LogP contribution >= 0.6 is 39.3 Å². The van der Waals surface area contributed by atoms with E-state index in [1.165, 1.54) is 6.42 Å². The second kappa shape index (κ2) is 6.29. The van der Waals surface area contributed by atoms with Gasteiger partial charge in [0.1, 0.15) is 0 Å². The number of amidine groups is 1. The Labute approximate surface area is 138 Å². The van der Waals surface area contributed by atoms with E-state index in [1.807, 2.05) is 30.8 Å². The number of halogens is 2. The van der Waals surface area contributed by atoms with Gasteiger partial charge in [-0.25, -0.2) is 0 Å². The first kappa shape index (κ1) is 16.2. The number of aryl methyl sites for hydroxylation is 1. The molecule has 2 rings (SSSR count). The highest BCUT2D eigenvalue weighted by molar-refractivity contribution is 9.10. The molecule has 0 radical (unpaired) electrons. The highest BCUT2D eigenvalue weighted by atomic mass is 79.9. The van der Waals surface area contributed by atoms with Crippen molar-refractivity contribution in [2.24, 2.45) is 10.4 Å². The zero-order valence-corrected chi connectivity index (χ0v) is 15.4. The van der Waals surface area contributed by atoms with Crippen molar-refractivity contribution in [2.75, 3.05) is 11.9 Å². The first-order valence-electron chi connectivity index (χ1n) is 6.68. The average Bonchev–Trinajstić information content (AvgIpc) is 2.71. The second-order valence-corrected chi connectivity index (χ2v) is 8.91. The number of nitrogens with zero attached hydrogens (tertiary/aromatic N) is 1. The molecule has 110 valence electrons. The minimum absolute atomic E-state index is 0.344. The fourth-order valence-corrected chi connectivity index (χ4v) is 4.22. The number of rotatable bonds is 2. The highest BCUT2D eigenvalue weighted by Crippen LogP contribution is 2.34. The monoisotopic (exact) mass is 374 g/mol. The number of aliphatic imine (C=N–C) groups is 1. The maximum absolute atomic E-state index is 6.18. The Balaban J connectivity index is 2.01. The van der Waals surface area contributed by atoms with E-state index in [-0.39, 0.29) is 0 Å². The molecule has 0 bridgehead atoms. The third kappa shape index (κ3) is 4.40. The molecule has 1 heterocycles. The molecular weight excluding hydrogens is 356 g/mol. The number of nitrogens with one attached hydrogen (secondary N) is 1. The first-order chi connectivity index (χ1) is 9.24. The SMILES string of the molecule is Cc1cc(Br)c(NC2=NCC(CC(C)(C)C)S2)cc1Cl. The molecule has 0 fully saturated rings. The van der Waals surface area contributed by atoms with Crippen LogP contribution in [0.25, 0.3) is 0 Å². The Morgan fingerprint density at radius 2 is 2.15 bits per heavy atom. The molecule has 0 spiro atoms. The largest absolute Gasteiger partial charge is 0.334 e. The molecule has 1 aromatic carbocycles. The molecule has 0 amide bonds. The molecule has 2 nitrogen and oxygen atoms in total. The van der Waals surface area contributed by atoms with Crippen molar-refractivity contribution in [2.45, 2.75) is 39.4 Å². The summed E-state index contributed by atoms with van der Waals surface area (Å²) in [5.41, 5.74) is 2.38. The van der Waals surface area contributed by atoms with Gasteiger partial charge in [-0.2, -0.15) is 0 Å². The van der Waals surface area contributed by atoms with Crippen LogP contribution in [0.1, 0.15) is 32.8 Å². The number of anilines is 1. The summed E-state index contributed by atoms with van der Waals surface area (Å²) in [7, 11) is 0. The molecule has 1 atom stereocenters. The van der Waals surface area contributed by atoms with E-state index in [0.717, 1.165) is 32.5 Å². The molecule has 0 aliphatic carbocycles. The number of thioether (sulfide) groups is 1. The molecule has 1 unspecified atom stereocenters. The van der Waals surface area contributed by atoms with Gasteiger partial charge in [0.2, 0.25) is 0 Å². The molecule has 1 aromatic rings. The molecule has 5 heteroatoms. The van der Waals surface area contributed by atoms with Crippen molar-refractivity contribution in [3.05, 3.63) is 27.2 Å². The normalized spacial score (nSPS) is 19.1. The van der Waals surface area contributed by atoms with E-state index >= 15 is 0 Å². The highest BCUT2D eigenvalue weighted by Gasteiger charge is 2.25. The summed E-state index contributed by atoms with van der Waals surface area (Å²) in [6.45, 7) is 9.71. The molecule has 0 aromatic heterocycles. The van der Waals surface area contributed by atoms with Crippen molar-refractivity contribution in [3.63, 3.8) is 0 Å². The van der Waals surface area contributed by atoms with Crippen molar-refractivity contribution >= 4 is 50.1 Å². The van der Waals surface area contributed by atoms with E-state index in [1.54, 1.807) is 0 Å². The van der Waals surface area contributed by atoms with Gasteiger partial charge in [0.25, 0.3) is 0 Å². The van der Waals surface area contributed by atoms with Gasteiger partial charge >= 0.3 is 0 Å². The Morgan fingerprint density at radius 1 is 1.45 bits per heavy atom. The Kier molecular flexibility index (Phi) is 5.09. The van der Waals surface area contributed by atoms with E-state index in [9.17, 15) is 0 Å². The van der Waals surface area contributed by atoms with Gasteiger partial charge < -0.3 is 5.32 Å². The molecule has 1 aliphatic heterocycles. The van der Waals surface area contributed by atoms with Crippen molar-refractivity contribution in [1.82, 2.24) is 0 Å². The van der Waals surface area contributed by atoms with Crippen LogP contribution in [0.3, 0.4) is 0 Å². The molecule has 1 N–H and O–H groups in total. The lowest BCUT2D eigenvalue weighted by molar-refractivity contribution is 0.375. The van der Waals surface area contributed by atoms with Crippen LogP contribution in [-0.4, -0.2) is 17.0 Å². The van der Waals surface area contributed by atoms with Gasteiger partial charge in [0.05, 0.1) is 12.2 Å². The molecular formula is C15H20BrClN2S. The molecule has 0 saturated heterocycles. The zero-order valence-electron chi connectivity index (χ0n) is 12.3. The quantitative estimate of drug-likeness (QED) is 0.713. The second-order valence-electron chi connectivity index (χ2n) is 6.36. The Hall–Kier alpha value is -0.190. The van der Waals surface area contributed by atoms with Gasteiger partial charge in [-0.05, 0) is 52.4 Å². The Bertz CT molecular complexity index is 537. The summed E-state index contributed by atoms with van der Waals surface area (Å²) in [5, 5.41) is 5.70. The summed E-state index contributed by atoms with van der Waals surface area (Å²) < 4.78 is 1.02. The number of hydrogen-bond donors (Lipinski definition) is 1. The van der Waals surface area contributed by atoms with Gasteiger partial charge in [0.15, 0.2) is 5.17 Å². The zero-order chi connectivity index (χ0) is 14.9. The van der Waals surface area contributed by atoms with Crippen molar-refractivity contribution < 1.29 is 0 Å². The van der Waals surface area contributed by atoms with Gasteiger partial charge in [-0.3, -0.25) is 4.99 Å². The first-order valence-corrected chi connectivity index (χ1v) is 8.73. The molecule has 0 saturated carbocycles. The maximum Gasteiger partial charge on any atom is 0.161 e. The number of benzene rings is 1. The minimum atomic E-state index is 0.344. The average molecular weight is 376 g/mol. The van der Waals surface area contributed by atoms with Crippen LogP contribution in [0.2, 0.25) is 5.02 Å². The molecule has 20 heavy (non-hydrogen) atoms. The van der Waals surface area contributed by atoms with Gasteiger partial charge in [-0.1, -0.05) is 44.1 Å². The van der Waals surface area contributed by atoms with E-state index in [4.69, 9.17) is 11.6 Å². The van der Waals surface area contributed by atoms with E-state index in [0.29, 0.717) is 10.7 Å². The predicted molar refractivity (Wildman–Crippen MR) is 95.3 cm³/mol. The smallest absolute Gasteiger partial charge is 0.161 e. The third-order valence-electron chi connectivity index (χ3n) is 3.05. The van der Waals surface area contributed by atoms with E-state index < -0.39 is 0 Å². The summed E-state index contributed by atoms with van der Waals surface area (Å²) in [6, 6.07) is 3.97. The lowest BCUT2D eigenvalue weighted by Gasteiger charge is -2.21. The summed E-state index contributed by atoms with van der Waals surface area (Å²) in [6.07, 6.45) is 1.17. The lowest BCUT2D eigenvalue weighted by Crippen LogP contribution is -2.16. The minimum Gasteiger partial charge on any atom is -0.334 e. The van der Waals surface area contributed by atoms with Crippen LogP contribution in [-0.2, 0) is 0 Å². The lowest BCUT2D eigenvalue weighted by atomic mass is 9.90. The Morgan fingerprint density at radius 3 is 2.80 bits per heavy atom. The van der Waals surface area contributed by atoms with Crippen LogP contribution in [0.4, 0.5) is 5.69 Å². The van der Waals surface area contributed by atoms with Gasteiger partial charge in [-0.15, -0.1) is 0 Å². The van der Waals surface area contributed by atoms with Crippen molar-refractivity contribution in [1.29, 1.82) is 0 Å². The van der Waals surface area contributed by atoms with E-state index in [2.05, 4.69) is 47.0 Å². The fourth-order valence-electron chi connectivity index (χ4n) is 2.13. The standard InChI is InChI=1S/C15H20BrClN2S/c1-9-5-11(16)13(6-12(9)17)19-14-18-8-10(20-14)7-15(2,3)4/h5-6,10H,7-8H2,1-4H3,(H,18,19). The predicted octanol–water partition coefficient (Wildman–Crippen LogP) is 5.73. The maximum atomic E-state index is 6.18.